The van der Waals surface area contributed by atoms with Gasteiger partial charge in [0.1, 0.15) is 17.4 Å². The van der Waals surface area contributed by atoms with E-state index >= 15 is 0 Å². The van der Waals surface area contributed by atoms with Crippen molar-refractivity contribution in [3.05, 3.63) is 76.5 Å². The number of hydrogen-bond donors (Lipinski definition) is 1. The van der Waals surface area contributed by atoms with Crippen LogP contribution in [0, 0.1) is 5.82 Å². The topological polar surface area (TPSA) is 76.9 Å². The minimum absolute atomic E-state index is 0.0406. The molecule has 186 valence electrons. The third-order valence-electron chi connectivity index (χ3n) is 5.78. The Morgan fingerprint density at radius 3 is 2.31 bits per heavy atom. The van der Waals surface area contributed by atoms with Gasteiger partial charge in [0.05, 0.1) is 5.69 Å². The fourth-order valence-electron chi connectivity index (χ4n) is 3.91. The molecule has 6 nitrogen and oxygen atoms in total. The number of carbonyl (C=O) groups excluding carboxylic acids is 2. The Labute approximate surface area is 207 Å². The number of hydrogen-bond acceptors (Lipinski definition) is 4. The number of amides is 1. The van der Waals surface area contributed by atoms with Gasteiger partial charge < -0.3 is 5.32 Å². The van der Waals surface area contributed by atoms with Crippen molar-refractivity contribution in [3.8, 4) is 0 Å². The maximum absolute atomic E-state index is 14.8. The molecule has 1 amide bonds. The number of benzene rings is 1. The number of nitrogens with one attached hydrogen (secondary N) is 1. The molecule has 2 aromatic heterocycles. The van der Waals surface area contributed by atoms with Gasteiger partial charge in [-0.05, 0) is 67.6 Å². The Hall–Kier alpha value is -3.35. The van der Waals surface area contributed by atoms with E-state index in [0.717, 1.165) is 22.5 Å². The summed E-state index contributed by atoms with van der Waals surface area (Å²) in [6.07, 6.45) is 3.23. The van der Waals surface area contributed by atoms with Crippen LogP contribution in [0.3, 0.4) is 0 Å². The number of aromatic nitrogens is 3. The van der Waals surface area contributed by atoms with Gasteiger partial charge in [0.15, 0.2) is 0 Å². The summed E-state index contributed by atoms with van der Waals surface area (Å²) in [5, 5.41) is 7.37. The van der Waals surface area contributed by atoms with E-state index in [1.54, 1.807) is 12.3 Å². The first-order valence-corrected chi connectivity index (χ1v) is 12.0. The third-order valence-corrected chi connectivity index (χ3v) is 5.78. The van der Waals surface area contributed by atoms with Crippen molar-refractivity contribution < 1.29 is 14.0 Å². The number of pyridine rings is 1. The van der Waals surface area contributed by atoms with Crippen LogP contribution in [-0.4, -0.2) is 26.5 Å². The average Bonchev–Trinajstić information content (AvgIpc) is 3.18. The highest BCUT2D eigenvalue weighted by Gasteiger charge is 2.22. The van der Waals surface area contributed by atoms with Crippen LogP contribution < -0.4 is 5.32 Å². The first-order chi connectivity index (χ1) is 16.4. The highest BCUT2D eigenvalue weighted by molar-refractivity contribution is 5.87. The summed E-state index contributed by atoms with van der Waals surface area (Å²) in [4.78, 5) is 28.2. The summed E-state index contributed by atoms with van der Waals surface area (Å²) in [5.41, 5.74) is 3.96. The fraction of sp³-hybridized carbons (Fsp3) is 0.429. The second-order valence-corrected chi connectivity index (χ2v) is 10.4. The molecule has 1 aromatic carbocycles. The van der Waals surface area contributed by atoms with Crippen molar-refractivity contribution in [2.75, 3.05) is 5.32 Å². The molecule has 2 heterocycles. The number of anilines is 1. The zero-order valence-electron chi connectivity index (χ0n) is 21.5. The molecule has 1 N–H and O–H groups in total. The number of nitrogens with zero attached hydrogens (tertiary/aromatic N) is 3. The molecule has 7 heteroatoms. The van der Waals surface area contributed by atoms with Gasteiger partial charge in [-0.1, -0.05) is 32.9 Å². The molecular formula is C28H35FN4O2. The molecule has 0 aliphatic heterocycles. The van der Waals surface area contributed by atoms with Crippen LogP contribution in [-0.2, 0) is 40.7 Å². The van der Waals surface area contributed by atoms with Gasteiger partial charge in [0.25, 0.3) is 0 Å². The number of aryl methyl sites for hydroxylation is 2. The highest BCUT2D eigenvalue weighted by atomic mass is 19.1. The maximum atomic E-state index is 14.8. The van der Waals surface area contributed by atoms with Crippen molar-refractivity contribution >= 4 is 17.5 Å². The smallest absolute Gasteiger partial charge is 0.222 e. The largest absolute Gasteiger partial charge is 0.311 e. The van der Waals surface area contributed by atoms with Crippen LogP contribution in [0.2, 0.25) is 0 Å². The number of Topliss-reactive ketones (excluding diaryl/α,β-unsaturated/α-hetero) is 1. The van der Waals surface area contributed by atoms with Crippen molar-refractivity contribution in [2.45, 2.75) is 78.7 Å². The molecule has 0 aliphatic carbocycles. The zero-order chi connectivity index (χ0) is 25.8. The summed E-state index contributed by atoms with van der Waals surface area (Å²) in [6, 6.07) is 10.9. The Morgan fingerprint density at radius 2 is 1.71 bits per heavy atom. The number of rotatable bonds is 9. The molecule has 3 aromatic rings. The lowest BCUT2D eigenvalue weighted by atomic mass is 9.92. The molecule has 0 saturated carbocycles. The van der Waals surface area contributed by atoms with Gasteiger partial charge in [0.2, 0.25) is 5.91 Å². The van der Waals surface area contributed by atoms with Crippen LogP contribution in [0.4, 0.5) is 10.2 Å². The van der Waals surface area contributed by atoms with Crippen molar-refractivity contribution in [2.24, 2.45) is 0 Å². The first kappa shape index (κ1) is 26.3. The van der Waals surface area contributed by atoms with E-state index in [2.05, 4.69) is 31.1 Å². The van der Waals surface area contributed by atoms with Crippen molar-refractivity contribution in [1.29, 1.82) is 0 Å². The van der Waals surface area contributed by atoms with Gasteiger partial charge in [-0.15, -0.1) is 0 Å². The Morgan fingerprint density at radius 1 is 1.03 bits per heavy atom. The molecule has 35 heavy (non-hydrogen) atoms. The summed E-state index contributed by atoms with van der Waals surface area (Å²) in [7, 11) is 0. The first-order valence-electron chi connectivity index (χ1n) is 12.0. The van der Waals surface area contributed by atoms with Gasteiger partial charge >= 0.3 is 0 Å². The summed E-state index contributed by atoms with van der Waals surface area (Å²) < 4.78 is 16.7. The summed E-state index contributed by atoms with van der Waals surface area (Å²) >= 11 is 0. The standard InChI is InChI=1S/C28H35FN4O2/c1-18(2)33-23(17-26(32-33)28(4,5)6)16-24(35)15-22-10-9-20(13-25(22)29)7-8-21-11-12-30-27(14-21)31-19(3)34/h9-14,17-18H,7-8,15-16H2,1-6H3,(H,30,31,34). The number of halogens is 1. The molecule has 3 rings (SSSR count). The van der Waals surface area contributed by atoms with Crippen molar-refractivity contribution in [1.82, 2.24) is 14.8 Å². The second-order valence-electron chi connectivity index (χ2n) is 10.4. The van der Waals surface area contributed by atoms with E-state index in [9.17, 15) is 14.0 Å². The van der Waals surface area contributed by atoms with E-state index in [1.807, 2.05) is 42.8 Å². The van der Waals surface area contributed by atoms with E-state index in [-0.39, 0.29) is 41.8 Å². The van der Waals surface area contributed by atoms with Gasteiger partial charge in [-0.2, -0.15) is 5.10 Å². The van der Waals surface area contributed by atoms with E-state index in [0.29, 0.717) is 24.2 Å². The van der Waals surface area contributed by atoms with Gasteiger partial charge in [-0.25, -0.2) is 9.37 Å². The van der Waals surface area contributed by atoms with Crippen LogP contribution in [0.15, 0.2) is 42.6 Å². The number of ketones is 1. The normalized spacial score (nSPS) is 11.7. The lowest BCUT2D eigenvalue weighted by Gasteiger charge is -2.14. The monoisotopic (exact) mass is 478 g/mol. The molecule has 0 spiro atoms. The molecule has 0 saturated heterocycles. The predicted octanol–water partition coefficient (Wildman–Crippen LogP) is 5.39. The third kappa shape index (κ3) is 7.31. The fourth-order valence-corrected chi connectivity index (χ4v) is 3.91. The Bertz CT molecular complexity index is 1210. The SMILES string of the molecule is CC(=O)Nc1cc(CCc2ccc(CC(=O)Cc3cc(C(C)(C)C)nn3C(C)C)c(F)c2)ccn1. The van der Waals surface area contributed by atoms with Crippen LogP contribution >= 0.6 is 0 Å². The molecule has 0 radical (unpaired) electrons. The van der Waals surface area contributed by atoms with Crippen LogP contribution in [0.5, 0.6) is 0 Å². The molecule has 0 bridgehead atoms. The minimum atomic E-state index is -0.364. The predicted molar refractivity (Wildman–Crippen MR) is 136 cm³/mol. The molecule has 0 fully saturated rings. The summed E-state index contributed by atoms with van der Waals surface area (Å²) in [5.74, 6) is -0.0768. The van der Waals surface area contributed by atoms with Crippen molar-refractivity contribution in [3.63, 3.8) is 0 Å². The quantitative estimate of drug-likeness (QED) is 0.447. The lowest BCUT2D eigenvalue weighted by Crippen LogP contribution is -2.15. The average molecular weight is 479 g/mol. The molecule has 0 aliphatic rings. The molecule has 0 unspecified atom stereocenters. The van der Waals surface area contributed by atoms with Crippen LogP contribution in [0.1, 0.15) is 75.7 Å². The highest BCUT2D eigenvalue weighted by Crippen LogP contribution is 2.24. The molecule has 0 atom stereocenters. The van der Waals surface area contributed by atoms with Gasteiger partial charge in [-0.3, -0.25) is 14.3 Å². The van der Waals surface area contributed by atoms with E-state index in [4.69, 9.17) is 5.10 Å². The zero-order valence-corrected chi connectivity index (χ0v) is 21.5. The second kappa shape index (κ2) is 10.9. The van der Waals surface area contributed by atoms with E-state index in [1.165, 1.54) is 13.0 Å². The Kier molecular flexibility index (Phi) is 8.20. The molecular weight excluding hydrogens is 443 g/mol. The van der Waals surface area contributed by atoms with Gasteiger partial charge in [0, 0.05) is 43.1 Å². The van der Waals surface area contributed by atoms with E-state index < -0.39 is 0 Å². The van der Waals surface area contributed by atoms with Crippen LogP contribution in [0.25, 0.3) is 0 Å². The maximum Gasteiger partial charge on any atom is 0.222 e. The number of carbonyl (C=O) groups is 2. The summed E-state index contributed by atoms with van der Waals surface area (Å²) in [6.45, 7) is 11.8. The lowest BCUT2D eigenvalue weighted by molar-refractivity contribution is -0.118. The Balaban J connectivity index is 1.64. The minimum Gasteiger partial charge on any atom is -0.311 e.